The number of pyridine rings is 1. The third-order valence-electron chi connectivity index (χ3n) is 2.94. The van der Waals surface area contributed by atoms with Gasteiger partial charge in [-0.25, -0.2) is 0 Å². The number of benzene rings is 1. The molecule has 0 atom stereocenters. The molecule has 0 spiro atoms. The number of nitrogens with one attached hydrogen (secondary N) is 1. The summed E-state index contributed by atoms with van der Waals surface area (Å²) in [6.45, 7) is 4.23. The Hall–Kier alpha value is -2.33. The maximum atomic E-state index is 12.3. The number of carbonyl (C=O) groups excluding carboxylic acids is 1. The van der Waals surface area contributed by atoms with Gasteiger partial charge in [-0.15, -0.1) is 6.58 Å². The average Bonchev–Trinajstić information content (AvgIpc) is 2.49. The molecule has 1 aromatic carbocycles. The molecule has 0 bridgehead atoms. The van der Waals surface area contributed by atoms with Gasteiger partial charge in [0.15, 0.2) is 0 Å². The van der Waals surface area contributed by atoms with Crippen molar-refractivity contribution in [2.45, 2.75) is 6.54 Å². The van der Waals surface area contributed by atoms with E-state index in [-0.39, 0.29) is 11.1 Å². The molecule has 0 saturated heterocycles. The van der Waals surface area contributed by atoms with Gasteiger partial charge in [-0.1, -0.05) is 29.8 Å². The van der Waals surface area contributed by atoms with Crippen LogP contribution in [-0.4, -0.2) is 17.0 Å². The maximum Gasteiger partial charge on any atom is 0.263 e. The maximum absolute atomic E-state index is 12.3. The fraction of sp³-hybridized carbons (Fsp3) is 0.125. The van der Waals surface area contributed by atoms with Crippen LogP contribution in [0.4, 0.5) is 0 Å². The minimum Gasteiger partial charge on any atom is -0.348 e. The Morgan fingerprint density at radius 1 is 1.29 bits per heavy atom. The van der Waals surface area contributed by atoms with Gasteiger partial charge in [0.1, 0.15) is 5.56 Å². The first-order chi connectivity index (χ1) is 10.1. The van der Waals surface area contributed by atoms with Crippen molar-refractivity contribution in [1.29, 1.82) is 0 Å². The van der Waals surface area contributed by atoms with Crippen LogP contribution in [0.3, 0.4) is 0 Å². The number of halogens is 1. The van der Waals surface area contributed by atoms with Crippen LogP contribution in [0.1, 0.15) is 15.9 Å². The summed E-state index contributed by atoms with van der Waals surface area (Å²) in [5.41, 5.74) is 0.729. The van der Waals surface area contributed by atoms with E-state index in [4.69, 9.17) is 11.6 Å². The monoisotopic (exact) mass is 302 g/mol. The molecule has 108 valence electrons. The van der Waals surface area contributed by atoms with Gasteiger partial charge in [0.2, 0.25) is 0 Å². The van der Waals surface area contributed by atoms with Gasteiger partial charge in [0, 0.05) is 17.8 Å². The van der Waals surface area contributed by atoms with Gasteiger partial charge in [0.05, 0.1) is 6.54 Å². The zero-order valence-corrected chi connectivity index (χ0v) is 12.1. The standard InChI is InChI=1S/C16H15ClN2O2/c1-2-9-18-15(20)14-4-3-10-19(16(14)21)11-12-5-7-13(17)8-6-12/h2-8,10H,1,9,11H2,(H,18,20). The molecule has 0 radical (unpaired) electrons. The molecule has 1 heterocycles. The first kappa shape index (κ1) is 15.1. The third-order valence-corrected chi connectivity index (χ3v) is 3.19. The molecule has 1 amide bonds. The Bertz CT molecular complexity index is 705. The second-order valence-electron chi connectivity index (χ2n) is 4.48. The summed E-state index contributed by atoms with van der Waals surface area (Å²) in [4.78, 5) is 24.2. The van der Waals surface area contributed by atoms with Crippen molar-refractivity contribution < 1.29 is 4.79 Å². The normalized spacial score (nSPS) is 10.1. The predicted molar refractivity (Wildman–Crippen MR) is 83.8 cm³/mol. The van der Waals surface area contributed by atoms with E-state index in [1.807, 2.05) is 12.1 Å². The molecular weight excluding hydrogens is 288 g/mol. The van der Waals surface area contributed by atoms with E-state index in [1.54, 1.807) is 30.5 Å². The van der Waals surface area contributed by atoms with Crippen LogP contribution in [0.25, 0.3) is 0 Å². The minimum absolute atomic E-state index is 0.119. The van der Waals surface area contributed by atoms with Crippen molar-refractivity contribution in [3.63, 3.8) is 0 Å². The second kappa shape index (κ2) is 6.90. The first-order valence-electron chi connectivity index (χ1n) is 6.45. The van der Waals surface area contributed by atoms with Crippen LogP contribution >= 0.6 is 11.6 Å². The molecular formula is C16H15ClN2O2. The summed E-state index contributed by atoms with van der Waals surface area (Å²) in [6, 6.07) is 10.4. The Labute approximate surface area is 127 Å². The largest absolute Gasteiger partial charge is 0.348 e. The number of aromatic nitrogens is 1. The van der Waals surface area contributed by atoms with Crippen LogP contribution < -0.4 is 10.9 Å². The quantitative estimate of drug-likeness (QED) is 0.863. The van der Waals surface area contributed by atoms with Gasteiger partial charge >= 0.3 is 0 Å². The summed E-state index contributed by atoms with van der Waals surface area (Å²) in [5.74, 6) is -0.398. The van der Waals surface area contributed by atoms with E-state index < -0.39 is 5.91 Å². The van der Waals surface area contributed by atoms with E-state index in [0.29, 0.717) is 18.1 Å². The first-order valence-corrected chi connectivity index (χ1v) is 6.82. The van der Waals surface area contributed by atoms with Gasteiger partial charge in [-0.05, 0) is 29.8 Å². The summed E-state index contributed by atoms with van der Waals surface area (Å²) >= 11 is 5.83. The Morgan fingerprint density at radius 2 is 2.00 bits per heavy atom. The predicted octanol–water partition coefficient (Wildman–Crippen LogP) is 2.47. The number of hydrogen-bond donors (Lipinski definition) is 1. The molecule has 0 fully saturated rings. The summed E-state index contributed by atoms with van der Waals surface area (Å²) < 4.78 is 1.49. The van der Waals surface area contributed by atoms with Crippen molar-refractivity contribution in [1.82, 2.24) is 9.88 Å². The third kappa shape index (κ3) is 3.83. The lowest BCUT2D eigenvalue weighted by Crippen LogP contribution is -2.32. The summed E-state index contributed by atoms with van der Waals surface area (Å²) in [5, 5.41) is 3.24. The van der Waals surface area contributed by atoms with Gasteiger partial charge in [0.25, 0.3) is 11.5 Å². The average molecular weight is 303 g/mol. The molecule has 5 heteroatoms. The molecule has 0 aliphatic heterocycles. The van der Waals surface area contributed by atoms with E-state index in [9.17, 15) is 9.59 Å². The molecule has 21 heavy (non-hydrogen) atoms. The topological polar surface area (TPSA) is 51.1 Å². The highest BCUT2D eigenvalue weighted by Gasteiger charge is 2.11. The van der Waals surface area contributed by atoms with E-state index in [0.717, 1.165) is 5.56 Å². The smallest absolute Gasteiger partial charge is 0.263 e. The Balaban J connectivity index is 2.25. The number of rotatable bonds is 5. The van der Waals surface area contributed by atoms with Crippen LogP contribution in [0.5, 0.6) is 0 Å². The van der Waals surface area contributed by atoms with Crippen molar-refractivity contribution in [3.8, 4) is 0 Å². The molecule has 2 aromatic rings. The molecule has 0 aliphatic rings. The minimum atomic E-state index is -0.398. The van der Waals surface area contributed by atoms with Crippen molar-refractivity contribution in [2.75, 3.05) is 6.54 Å². The van der Waals surface area contributed by atoms with Crippen LogP contribution in [0, 0.1) is 0 Å². The highest BCUT2D eigenvalue weighted by molar-refractivity contribution is 6.30. The molecule has 1 N–H and O–H groups in total. The van der Waals surface area contributed by atoms with Crippen molar-refractivity contribution >= 4 is 17.5 Å². The van der Waals surface area contributed by atoms with E-state index in [2.05, 4.69) is 11.9 Å². The fourth-order valence-corrected chi connectivity index (χ4v) is 2.01. The van der Waals surface area contributed by atoms with Crippen molar-refractivity contribution in [2.24, 2.45) is 0 Å². The summed E-state index contributed by atoms with van der Waals surface area (Å²) in [6.07, 6.45) is 3.22. The van der Waals surface area contributed by atoms with Crippen molar-refractivity contribution in [3.05, 3.63) is 81.8 Å². The molecule has 0 unspecified atom stereocenters. The molecule has 0 aliphatic carbocycles. The van der Waals surface area contributed by atoms with E-state index >= 15 is 0 Å². The molecule has 4 nitrogen and oxygen atoms in total. The van der Waals surface area contributed by atoms with Gasteiger partial charge in [-0.2, -0.15) is 0 Å². The van der Waals surface area contributed by atoms with E-state index in [1.165, 1.54) is 10.6 Å². The van der Waals surface area contributed by atoms with Gasteiger partial charge < -0.3 is 9.88 Å². The van der Waals surface area contributed by atoms with Crippen LogP contribution in [-0.2, 0) is 6.54 Å². The molecule has 2 rings (SSSR count). The number of carbonyl (C=O) groups is 1. The lowest BCUT2D eigenvalue weighted by atomic mass is 10.2. The number of hydrogen-bond acceptors (Lipinski definition) is 2. The fourth-order valence-electron chi connectivity index (χ4n) is 1.88. The molecule has 1 aromatic heterocycles. The van der Waals surface area contributed by atoms with Crippen LogP contribution in [0.2, 0.25) is 5.02 Å². The lowest BCUT2D eigenvalue weighted by Gasteiger charge is -2.08. The SMILES string of the molecule is C=CCNC(=O)c1cccn(Cc2ccc(Cl)cc2)c1=O. The number of nitrogens with zero attached hydrogens (tertiary/aromatic N) is 1. The highest BCUT2D eigenvalue weighted by atomic mass is 35.5. The number of amides is 1. The Kier molecular flexibility index (Phi) is 4.95. The second-order valence-corrected chi connectivity index (χ2v) is 4.92. The zero-order chi connectivity index (χ0) is 15.2. The summed E-state index contributed by atoms with van der Waals surface area (Å²) in [7, 11) is 0. The zero-order valence-electron chi connectivity index (χ0n) is 11.4. The highest BCUT2D eigenvalue weighted by Crippen LogP contribution is 2.10. The molecule has 0 saturated carbocycles. The van der Waals surface area contributed by atoms with Crippen LogP contribution in [0.15, 0.2) is 60.0 Å². The Morgan fingerprint density at radius 3 is 2.67 bits per heavy atom. The lowest BCUT2D eigenvalue weighted by molar-refractivity contribution is 0.0956. The van der Waals surface area contributed by atoms with Gasteiger partial charge in [-0.3, -0.25) is 9.59 Å².